The number of amides is 2. The summed E-state index contributed by atoms with van der Waals surface area (Å²) >= 11 is 7.25. The minimum absolute atomic E-state index is 0.278. The van der Waals surface area contributed by atoms with Crippen molar-refractivity contribution in [3.05, 3.63) is 56.9 Å². The van der Waals surface area contributed by atoms with E-state index in [1.807, 2.05) is 32.9 Å². The van der Waals surface area contributed by atoms with E-state index in [1.54, 1.807) is 18.2 Å². The molecular formula is C22H22ClNO5S. The van der Waals surface area contributed by atoms with E-state index in [4.69, 9.17) is 25.8 Å². The summed E-state index contributed by atoms with van der Waals surface area (Å²) in [6.45, 7) is 6.93. The number of nitrogens with one attached hydrogen (secondary N) is 1. The number of aryl methyl sites for hydroxylation is 2. The number of halogens is 1. The first-order valence-corrected chi connectivity index (χ1v) is 10.6. The molecule has 0 atom stereocenters. The number of hydrogen-bond donors (Lipinski definition) is 1. The molecule has 6 nitrogen and oxygen atoms in total. The third-order valence-electron chi connectivity index (χ3n) is 4.07. The Balaban J connectivity index is 1.70. The smallest absolute Gasteiger partial charge is 0.290 e. The van der Waals surface area contributed by atoms with Crippen LogP contribution in [0.4, 0.5) is 4.79 Å². The van der Waals surface area contributed by atoms with Gasteiger partial charge < -0.3 is 14.2 Å². The van der Waals surface area contributed by atoms with Gasteiger partial charge >= 0.3 is 0 Å². The highest BCUT2D eigenvalue weighted by Gasteiger charge is 2.25. The first-order valence-electron chi connectivity index (χ1n) is 9.41. The lowest BCUT2D eigenvalue weighted by Gasteiger charge is -2.15. The van der Waals surface area contributed by atoms with Gasteiger partial charge in [0.2, 0.25) is 0 Å². The molecule has 2 aromatic rings. The Bertz CT molecular complexity index is 985. The van der Waals surface area contributed by atoms with Gasteiger partial charge in [-0.15, -0.1) is 0 Å². The van der Waals surface area contributed by atoms with Crippen LogP contribution >= 0.6 is 23.4 Å². The Morgan fingerprint density at radius 1 is 1.00 bits per heavy atom. The molecule has 1 N–H and O–H groups in total. The zero-order chi connectivity index (χ0) is 21.7. The summed E-state index contributed by atoms with van der Waals surface area (Å²) in [7, 11) is 0. The lowest BCUT2D eigenvalue weighted by atomic mass is 10.1. The predicted molar refractivity (Wildman–Crippen MR) is 119 cm³/mol. The van der Waals surface area contributed by atoms with Crippen molar-refractivity contribution in [3.63, 3.8) is 0 Å². The van der Waals surface area contributed by atoms with Gasteiger partial charge in [-0.2, -0.15) is 0 Å². The van der Waals surface area contributed by atoms with Crippen molar-refractivity contribution in [2.75, 3.05) is 19.8 Å². The number of hydrogen-bond acceptors (Lipinski definition) is 6. The molecular weight excluding hydrogens is 426 g/mol. The normalized spacial score (nSPS) is 14.7. The molecule has 158 valence electrons. The third-order valence-corrected chi connectivity index (χ3v) is 5.16. The number of ether oxygens (including phenoxy) is 3. The van der Waals surface area contributed by atoms with Gasteiger partial charge in [0.1, 0.15) is 19.0 Å². The summed E-state index contributed by atoms with van der Waals surface area (Å²) in [6, 6.07) is 9.40. The second kappa shape index (κ2) is 9.91. The number of carbonyl (C=O) groups is 2. The van der Waals surface area contributed by atoms with Gasteiger partial charge in [0.25, 0.3) is 11.1 Å². The molecule has 3 rings (SSSR count). The fraction of sp³-hybridized carbons (Fsp3) is 0.273. The van der Waals surface area contributed by atoms with Crippen LogP contribution in [0.2, 0.25) is 5.02 Å². The molecule has 0 aliphatic carbocycles. The van der Waals surface area contributed by atoms with Crippen molar-refractivity contribution in [2.45, 2.75) is 20.8 Å². The van der Waals surface area contributed by atoms with Gasteiger partial charge in [-0.3, -0.25) is 14.9 Å². The van der Waals surface area contributed by atoms with Crippen LogP contribution in [-0.4, -0.2) is 31.0 Å². The lowest BCUT2D eigenvalue weighted by Crippen LogP contribution is -2.17. The maximum Gasteiger partial charge on any atom is 0.290 e. The van der Waals surface area contributed by atoms with E-state index in [0.29, 0.717) is 40.2 Å². The van der Waals surface area contributed by atoms with E-state index in [0.717, 1.165) is 28.6 Å². The second-order valence-electron chi connectivity index (χ2n) is 6.64. The van der Waals surface area contributed by atoms with Crippen molar-refractivity contribution >= 4 is 40.6 Å². The average molecular weight is 448 g/mol. The minimum Gasteiger partial charge on any atom is -0.490 e. The summed E-state index contributed by atoms with van der Waals surface area (Å²) in [5, 5.41) is 2.17. The van der Waals surface area contributed by atoms with Crippen LogP contribution in [0.25, 0.3) is 6.08 Å². The van der Waals surface area contributed by atoms with Crippen molar-refractivity contribution in [1.82, 2.24) is 5.32 Å². The van der Waals surface area contributed by atoms with E-state index < -0.39 is 11.1 Å². The highest BCUT2D eigenvalue weighted by Crippen LogP contribution is 2.38. The number of carbonyl (C=O) groups excluding carboxylic acids is 2. The van der Waals surface area contributed by atoms with Gasteiger partial charge in [-0.1, -0.05) is 17.7 Å². The Morgan fingerprint density at radius 3 is 2.33 bits per heavy atom. The third kappa shape index (κ3) is 5.70. The van der Waals surface area contributed by atoms with Gasteiger partial charge in [0.15, 0.2) is 11.5 Å². The van der Waals surface area contributed by atoms with Crippen LogP contribution in [0.5, 0.6) is 17.2 Å². The van der Waals surface area contributed by atoms with Crippen molar-refractivity contribution in [3.8, 4) is 17.2 Å². The molecule has 1 saturated heterocycles. The molecule has 1 aliphatic rings. The van der Waals surface area contributed by atoms with Crippen LogP contribution in [-0.2, 0) is 4.79 Å². The molecule has 2 amide bonds. The molecule has 0 bridgehead atoms. The molecule has 0 radical (unpaired) electrons. The maximum absolute atomic E-state index is 11.8. The Kier molecular flexibility index (Phi) is 7.29. The molecule has 1 heterocycles. The van der Waals surface area contributed by atoms with Crippen molar-refractivity contribution in [2.24, 2.45) is 0 Å². The molecule has 1 aliphatic heterocycles. The van der Waals surface area contributed by atoms with Crippen LogP contribution in [0.3, 0.4) is 0 Å². The lowest BCUT2D eigenvalue weighted by molar-refractivity contribution is -0.115. The Hall–Kier alpha value is -2.64. The van der Waals surface area contributed by atoms with E-state index in [-0.39, 0.29) is 6.61 Å². The molecule has 30 heavy (non-hydrogen) atoms. The van der Waals surface area contributed by atoms with Gasteiger partial charge in [0, 0.05) is 0 Å². The standard InChI is InChI=1S/C22H22ClNO5S/c1-4-27-18-11-15(12-19-21(25)24-22(26)30-19)10-17(23)20(18)29-6-5-28-16-8-13(2)7-14(3)9-16/h7-12H,4-6H2,1-3H3,(H,24,25,26). The topological polar surface area (TPSA) is 73.9 Å². The molecule has 1 fully saturated rings. The van der Waals surface area contributed by atoms with Crippen molar-refractivity contribution < 1.29 is 23.8 Å². The van der Waals surface area contributed by atoms with Crippen LogP contribution in [0, 0.1) is 13.8 Å². The van der Waals surface area contributed by atoms with E-state index in [9.17, 15) is 9.59 Å². The van der Waals surface area contributed by atoms with Gasteiger partial charge in [-0.05, 0) is 79.6 Å². The van der Waals surface area contributed by atoms with Crippen LogP contribution in [0.1, 0.15) is 23.6 Å². The summed E-state index contributed by atoms with van der Waals surface area (Å²) in [6.07, 6.45) is 1.59. The fourth-order valence-corrected chi connectivity index (χ4v) is 3.92. The van der Waals surface area contributed by atoms with E-state index >= 15 is 0 Å². The fourth-order valence-electron chi connectivity index (χ4n) is 2.97. The maximum atomic E-state index is 11.8. The highest BCUT2D eigenvalue weighted by atomic mass is 35.5. The highest BCUT2D eigenvalue weighted by molar-refractivity contribution is 8.18. The molecule has 0 saturated carbocycles. The minimum atomic E-state index is -0.428. The number of rotatable bonds is 8. The summed E-state index contributed by atoms with van der Waals surface area (Å²) in [4.78, 5) is 23.4. The van der Waals surface area contributed by atoms with Crippen LogP contribution < -0.4 is 19.5 Å². The van der Waals surface area contributed by atoms with Gasteiger partial charge in [-0.25, -0.2) is 0 Å². The largest absolute Gasteiger partial charge is 0.490 e. The first-order chi connectivity index (χ1) is 14.4. The second-order valence-corrected chi connectivity index (χ2v) is 8.06. The summed E-state index contributed by atoms with van der Waals surface area (Å²) in [5.41, 5.74) is 2.90. The number of benzene rings is 2. The van der Waals surface area contributed by atoms with E-state index in [1.165, 1.54) is 0 Å². The Labute approximate surface area is 184 Å². The van der Waals surface area contributed by atoms with Crippen LogP contribution in [0.15, 0.2) is 35.2 Å². The molecule has 2 aromatic carbocycles. The number of thioether (sulfide) groups is 1. The average Bonchev–Trinajstić information content (AvgIpc) is 2.97. The SMILES string of the molecule is CCOc1cc(C=C2SC(=O)NC2=O)cc(Cl)c1OCCOc1cc(C)cc(C)c1. The summed E-state index contributed by atoms with van der Waals surface area (Å²) in [5.74, 6) is 1.22. The Morgan fingerprint density at radius 2 is 1.70 bits per heavy atom. The first kappa shape index (κ1) is 22.1. The number of imide groups is 1. The molecule has 0 unspecified atom stereocenters. The molecule has 8 heteroatoms. The van der Waals surface area contributed by atoms with Crippen molar-refractivity contribution in [1.29, 1.82) is 0 Å². The zero-order valence-corrected chi connectivity index (χ0v) is 18.5. The quantitative estimate of drug-likeness (QED) is 0.446. The van der Waals surface area contributed by atoms with E-state index in [2.05, 4.69) is 11.4 Å². The molecule has 0 spiro atoms. The summed E-state index contributed by atoms with van der Waals surface area (Å²) < 4.78 is 17.3. The zero-order valence-electron chi connectivity index (χ0n) is 16.9. The predicted octanol–water partition coefficient (Wildman–Crippen LogP) is 5.14. The van der Waals surface area contributed by atoms with Gasteiger partial charge in [0.05, 0.1) is 16.5 Å². The monoisotopic (exact) mass is 447 g/mol. The molecule has 0 aromatic heterocycles.